The molecule has 110 valence electrons. The highest BCUT2D eigenvalue weighted by Gasteiger charge is 2.16. The first kappa shape index (κ1) is 13.9. The number of benzene rings is 1. The highest BCUT2D eigenvalue weighted by molar-refractivity contribution is 7.17. The van der Waals surface area contributed by atoms with Crippen LogP contribution in [0.5, 0.6) is 5.75 Å². The molecule has 0 saturated heterocycles. The number of nitrogens with zero attached hydrogens (tertiary/aromatic N) is 2. The summed E-state index contributed by atoms with van der Waals surface area (Å²) in [6, 6.07) is 8.17. The van der Waals surface area contributed by atoms with Crippen molar-refractivity contribution in [3.63, 3.8) is 0 Å². The number of aromatic nitrogens is 2. The van der Waals surface area contributed by atoms with Gasteiger partial charge in [-0.2, -0.15) is 0 Å². The van der Waals surface area contributed by atoms with Crippen LogP contribution in [0.1, 0.15) is 25.6 Å². The lowest BCUT2D eigenvalue weighted by Gasteiger charge is -2.10. The minimum absolute atomic E-state index is 0.180. The lowest BCUT2D eigenvalue weighted by molar-refractivity contribution is 0.242. The van der Waals surface area contributed by atoms with E-state index < -0.39 is 0 Å². The molecule has 0 radical (unpaired) electrons. The number of anilines is 1. The second-order valence-electron chi connectivity index (χ2n) is 5.22. The Labute approximate surface area is 128 Å². The zero-order chi connectivity index (χ0) is 15.0. The van der Waals surface area contributed by atoms with Gasteiger partial charge in [-0.15, -0.1) is 11.3 Å². The van der Waals surface area contributed by atoms with Crippen LogP contribution in [0.2, 0.25) is 0 Å². The number of nitrogens with two attached hydrogens (primary N) is 1. The minimum Gasteiger partial charge on any atom is -0.491 e. The molecule has 0 bridgehead atoms. The molecule has 1 aromatic carbocycles. The van der Waals surface area contributed by atoms with Crippen molar-refractivity contribution < 1.29 is 4.74 Å². The summed E-state index contributed by atoms with van der Waals surface area (Å²) in [4.78, 5) is 6.60. The van der Waals surface area contributed by atoms with Crippen molar-refractivity contribution in [2.24, 2.45) is 0 Å². The maximum Gasteiger partial charge on any atom is 0.196 e. The normalized spacial score (nSPS) is 11.4. The fourth-order valence-electron chi connectivity index (χ4n) is 2.42. The van der Waals surface area contributed by atoms with Crippen LogP contribution in [-0.4, -0.2) is 15.5 Å². The molecule has 4 nitrogen and oxygen atoms in total. The van der Waals surface area contributed by atoms with Gasteiger partial charge in [0.2, 0.25) is 0 Å². The third-order valence-electron chi connectivity index (χ3n) is 3.28. The molecule has 21 heavy (non-hydrogen) atoms. The van der Waals surface area contributed by atoms with Gasteiger partial charge in [0.05, 0.1) is 18.0 Å². The number of imidazole rings is 1. The van der Waals surface area contributed by atoms with E-state index in [9.17, 15) is 0 Å². The molecule has 0 spiro atoms. The number of fused-ring (bicyclic) bond motifs is 1. The van der Waals surface area contributed by atoms with Crippen LogP contribution >= 0.6 is 11.3 Å². The quantitative estimate of drug-likeness (QED) is 0.792. The largest absolute Gasteiger partial charge is 0.491 e. The Morgan fingerprint density at radius 3 is 2.62 bits per heavy atom. The topological polar surface area (TPSA) is 52.5 Å². The van der Waals surface area contributed by atoms with E-state index in [0.29, 0.717) is 5.82 Å². The molecule has 0 unspecified atom stereocenters. The molecule has 0 saturated carbocycles. The summed E-state index contributed by atoms with van der Waals surface area (Å²) in [5, 5.41) is 0. The number of nitrogen functional groups attached to an aromatic ring is 1. The monoisotopic (exact) mass is 301 g/mol. The number of aryl methyl sites for hydroxylation is 1. The zero-order valence-corrected chi connectivity index (χ0v) is 13.3. The molecular formula is C16H19N3OS. The van der Waals surface area contributed by atoms with Gasteiger partial charge in [0.15, 0.2) is 4.96 Å². The van der Waals surface area contributed by atoms with E-state index in [1.807, 2.05) is 30.4 Å². The molecule has 5 heteroatoms. The van der Waals surface area contributed by atoms with Gasteiger partial charge < -0.3 is 10.5 Å². The van der Waals surface area contributed by atoms with Crippen LogP contribution in [-0.2, 0) is 6.42 Å². The summed E-state index contributed by atoms with van der Waals surface area (Å²) in [5.74, 6) is 1.57. The third kappa shape index (κ3) is 2.49. The first-order valence-corrected chi connectivity index (χ1v) is 7.93. The predicted octanol–water partition coefficient (Wildman–Crippen LogP) is 3.99. The SMILES string of the molecule is CCc1sc2ncc(N)n2c1-c1ccc(OC(C)C)cc1. The van der Waals surface area contributed by atoms with E-state index in [-0.39, 0.29) is 6.10 Å². The van der Waals surface area contributed by atoms with Crippen molar-refractivity contribution in [2.45, 2.75) is 33.3 Å². The van der Waals surface area contributed by atoms with Gasteiger partial charge >= 0.3 is 0 Å². The summed E-state index contributed by atoms with van der Waals surface area (Å²) in [6.45, 7) is 6.20. The molecule has 2 heterocycles. The van der Waals surface area contributed by atoms with Crippen molar-refractivity contribution in [1.29, 1.82) is 0 Å². The van der Waals surface area contributed by atoms with Crippen molar-refractivity contribution in [3.8, 4) is 17.0 Å². The van der Waals surface area contributed by atoms with Gasteiger partial charge in [0.25, 0.3) is 0 Å². The molecular weight excluding hydrogens is 282 g/mol. The summed E-state index contributed by atoms with van der Waals surface area (Å²) < 4.78 is 7.73. The maximum atomic E-state index is 6.06. The number of hydrogen-bond acceptors (Lipinski definition) is 4. The van der Waals surface area contributed by atoms with E-state index >= 15 is 0 Å². The summed E-state index contributed by atoms with van der Waals surface area (Å²) in [7, 11) is 0. The molecule has 0 aliphatic heterocycles. The Kier molecular flexibility index (Phi) is 3.59. The first-order chi connectivity index (χ1) is 10.1. The third-order valence-corrected chi connectivity index (χ3v) is 4.48. The Morgan fingerprint density at radius 1 is 1.29 bits per heavy atom. The Morgan fingerprint density at radius 2 is 2.00 bits per heavy atom. The Hall–Kier alpha value is -2.01. The number of ether oxygens (including phenoxy) is 1. The molecule has 0 atom stereocenters. The van der Waals surface area contributed by atoms with Crippen molar-refractivity contribution in [2.75, 3.05) is 5.73 Å². The fraction of sp³-hybridized carbons (Fsp3) is 0.312. The smallest absolute Gasteiger partial charge is 0.196 e. The number of rotatable bonds is 4. The second kappa shape index (κ2) is 5.41. The van der Waals surface area contributed by atoms with Crippen LogP contribution in [0, 0.1) is 0 Å². The highest BCUT2D eigenvalue weighted by Crippen LogP contribution is 2.34. The van der Waals surface area contributed by atoms with Crippen LogP contribution < -0.4 is 10.5 Å². The van der Waals surface area contributed by atoms with Gasteiger partial charge in [-0.25, -0.2) is 4.98 Å². The summed E-state index contributed by atoms with van der Waals surface area (Å²) in [5.41, 5.74) is 8.34. The average molecular weight is 301 g/mol. The maximum absolute atomic E-state index is 6.06. The standard InChI is InChI=1S/C16H19N3OS/c1-4-13-15(19-14(17)9-18-16(19)21-13)11-5-7-12(8-6-11)20-10(2)3/h5-10H,4,17H2,1-3H3. The molecule has 3 rings (SSSR count). The Balaban J connectivity index is 2.08. The van der Waals surface area contributed by atoms with Gasteiger partial charge in [-0.1, -0.05) is 6.92 Å². The van der Waals surface area contributed by atoms with Crippen molar-refractivity contribution >= 4 is 22.1 Å². The number of hydrogen-bond donors (Lipinski definition) is 1. The average Bonchev–Trinajstić information content (AvgIpc) is 2.99. The van der Waals surface area contributed by atoms with Gasteiger partial charge in [0, 0.05) is 10.4 Å². The van der Waals surface area contributed by atoms with Crippen LogP contribution in [0.4, 0.5) is 5.82 Å². The predicted molar refractivity (Wildman–Crippen MR) is 88.1 cm³/mol. The van der Waals surface area contributed by atoms with E-state index in [1.54, 1.807) is 17.5 Å². The molecule has 0 aliphatic carbocycles. The van der Waals surface area contributed by atoms with Crippen LogP contribution in [0.15, 0.2) is 30.5 Å². The fourth-order valence-corrected chi connectivity index (χ4v) is 3.48. The lowest BCUT2D eigenvalue weighted by Crippen LogP contribution is -2.05. The van der Waals surface area contributed by atoms with Crippen molar-refractivity contribution in [3.05, 3.63) is 35.3 Å². The van der Waals surface area contributed by atoms with E-state index in [0.717, 1.165) is 28.4 Å². The summed E-state index contributed by atoms with van der Waals surface area (Å²) >= 11 is 1.70. The van der Waals surface area contributed by atoms with Gasteiger partial charge in [-0.05, 0) is 44.5 Å². The van der Waals surface area contributed by atoms with Crippen LogP contribution in [0.25, 0.3) is 16.2 Å². The first-order valence-electron chi connectivity index (χ1n) is 7.11. The zero-order valence-electron chi connectivity index (χ0n) is 12.5. The van der Waals surface area contributed by atoms with Crippen LogP contribution in [0.3, 0.4) is 0 Å². The molecule has 2 aromatic heterocycles. The summed E-state index contributed by atoms with van der Waals surface area (Å²) in [6.07, 6.45) is 2.86. The highest BCUT2D eigenvalue weighted by atomic mass is 32.1. The molecule has 2 N–H and O–H groups in total. The van der Waals surface area contributed by atoms with Crippen molar-refractivity contribution in [1.82, 2.24) is 9.38 Å². The van der Waals surface area contributed by atoms with Gasteiger partial charge in [0.1, 0.15) is 11.6 Å². The molecule has 3 aromatic rings. The van der Waals surface area contributed by atoms with Gasteiger partial charge in [-0.3, -0.25) is 4.40 Å². The van der Waals surface area contributed by atoms with E-state index in [1.165, 1.54) is 4.88 Å². The number of thiazole rings is 1. The molecule has 0 aliphatic rings. The Bertz CT molecular complexity index is 756. The van der Waals surface area contributed by atoms with E-state index in [4.69, 9.17) is 10.5 Å². The molecule has 0 amide bonds. The second-order valence-corrected chi connectivity index (χ2v) is 6.28. The van der Waals surface area contributed by atoms with E-state index in [2.05, 4.69) is 24.0 Å². The lowest BCUT2D eigenvalue weighted by atomic mass is 10.1. The molecule has 0 fully saturated rings. The minimum atomic E-state index is 0.180.